The molecule has 2 unspecified atom stereocenters. The van der Waals surface area contributed by atoms with E-state index in [1.807, 2.05) is 24.3 Å². The summed E-state index contributed by atoms with van der Waals surface area (Å²) in [6.07, 6.45) is 4.33. The van der Waals surface area contributed by atoms with Crippen molar-refractivity contribution in [1.82, 2.24) is 19.7 Å². The lowest BCUT2D eigenvalue weighted by Crippen LogP contribution is -2.39. The van der Waals surface area contributed by atoms with Gasteiger partial charge in [0, 0.05) is 12.1 Å². The summed E-state index contributed by atoms with van der Waals surface area (Å²) >= 11 is 0. The van der Waals surface area contributed by atoms with Gasteiger partial charge in [-0.25, -0.2) is 4.99 Å². The van der Waals surface area contributed by atoms with Crippen molar-refractivity contribution in [2.24, 2.45) is 10.7 Å². The number of nitrogens with two attached hydrogens (primary N) is 2. The van der Waals surface area contributed by atoms with E-state index in [1.54, 1.807) is 0 Å². The van der Waals surface area contributed by atoms with Gasteiger partial charge in [-0.05, 0) is 44.7 Å². The summed E-state index contributed by atoms with van der Waals surface area (Å²) < 4.78 is 2.19. The van der Waals surface area contributed by atoms with Crippen molar-refractivity contribution in [2.75, 3.05) is 11.1 Å². The van der Waals surface area contributed by atoms with Gasteiger partial charge in [-0.2, -0.15) is 10.1 Å². The van der Waals surface area contributed by atoms with Crippen LogP contribution in [0.25, 0.3) is 11.0 Å². The average Bonchev–Trinajstić information content (AvgIpc) is 3.16. The summed E-state index contributed by atoms with van der Waals surface area (Å²) in [5.74, 6) is 0.924. The summed E-state index contributed by atoms with van der Waals surface area (Å²) in [5.41, 5.74) is 17.6. The second kappa shape index (κ2) is 8.70. The van der Waals surface area contributed by atoms with E-state index < -0.39 is 0 Å². The van der Waals surface area contributed by atoms with E-state index in [9.17, 15) is 0 Å². The summed E-state index contributed by atoms with van der Waals surface area (Å²) in [7, 11) is 0. The normalized spacial score (nSPS) is 20.2. The summed E-state index contributed by atoms with van der Waals surface area (Å²) in [5, 5.41) is 11.3. The van der Waals surface area contributed by atoms with E-state index in [2.05, 4.69) is 47.8 Å². The number of aromatic amines is 1. The molecule has 2 atom stereocenters. The van der Waals surface area contributed by atoms with Crippen LogP contribution in [0.2, 0.25) is 0 Å². The third-order valence-corrected chi connectivity index (χ3v) is 6.03. The minimum absolute atomic E-state index is 0.0713. The Hall–Kier alpha value is -2.87. The molecular weight excluding hydrogens is 388 g/mol. The highest BCUT2D eigenvalue weighted by molar-refractivity contribution is 5.90. The molecule has 0 radical (unpaired) electrons. The Bertz CT molecular complexity index is 1120. The number of aromatic nitrogens is 4. The molecule has 166 valence electrons. The average molecular weight is 423 g/mol. The van der Waals surface area contributed by atoms with Gasteiger partial charge in [0.15, 0.2) is 11.3 Å². The number of benzene rings is 1. The molecule has 8 heteroatoms. The number of nitrogens with zero attached hydrogens (tertiary/aromatic N) is 4. The number of anilines is 3. The second-order valence-corrected chi connectivity index (χ2v) is 9.07. The molecule has 0 bridgehead atoms. The first kappa shape index (κ1) is 21.4. The van der Waals surface area contributed by atoms with Crippen LogP contribution in [0.15, 0.2) is 29.3 Å². The first-order valence-electron chi connectivity index (χ1n) is 11.3. The first-order valence-corrected chi connectivity index (χ1v) is 11.3. The van der Waals surface area contributed by atoms with Gasteiger partial charge in [0.05, 0.1) is 28.6 Å². The van der Waals surface area contributed by atoms with Crippen LogP contribution in [0.4, 0.5) is 17.2 Å². The zero-order chi connectivity index (χ0) is 22.1. The van der Waals surface area contributed by atoms with E-state index in [0.29, 0.717) is 17.1 Å². The minimum Gasteiger partial charge on any atom is -0.397 e. The second-order valence-electron chi connectivity index (χ2n) is 9.07. The summed E-state index contributed by atoms with van der Waals surface area (Å²) in [4.78, 5) is 10.0. The molecule has 2 heterocycles. The molecule has 2 aromatic heterocycles. The lowest BCUT2D eigenvalue weighted by atomic mass is 9.91. The molecule has 0 spiro atoms. The number of rotatable bonds is 5. The molecule has 0 saturated heterocycles. The van der Waals surface area contributed by atoms with Crippen molar-refractivity contribution in [1.29, 1.82) is 0 Å². The first-order chi connectivity index (χ1) is 14.9. The third kappa shape index (κ3) is 4.17. The van der Waals surface area contributed by atoms with Gasteiger partial charge < -0.3 is 21.4 Å². The van der Waals surface area contributed by atoms with Crippen LogP contribution in [0, 0.1) is 0 Å². The van der Waals surface area contributed by atoms with E-state index in [4.69, 9.17) is 21.4 Å². The maximum absolute atomic E-state index is 6.42. The van der Waals surface area contributed by atoms with Gasteiger partial charge in [-0.1, -0.05) is 38.8 Å². The molecule has 8 nitrogen and oxygen atoms in total. The van der Waals surface area contributed by atoms with Crippen molar-refractivity contribution in [3.05, 3.63) is 35.6 Å². The fourth-order valence-electron chi connectivity index (χ4n) is 4.32. The van der Waals surface area contributed by atoms with Crippen LogP contribution in [0.3, 0.4) is 0 Å². The van der Waals surface area contributed by atoms with E-state index >= 15 is 0 Å². The summed E-state index contributed by atoms with van der Waals surface area (Å²) in [6, 6.07) is 7.99. The van der Waals surface area contributed by atoms with Gasteiger partial charge in [0.1, 0.15) is 0 Å². The Morgan fingerprint density at radius 2 is 1.90 bits per heavy atom. The molecule has 1 saturated carbocycles. The van der Waals surface area contributed by atoms with E-state index in [0.717, 1.165) is 41.7 Å². The summed E-state index contributed by atoms with van der Waals surface area (Å²) in [6.45, 7) is 8.63. The van der Waals surface area contributed by atoms with Gasteiger partial charge in [0.2, 0.25) is 5.62 Å². The number of nitrogens with one attached hydrogen (secondary N) is 2. The number of nitrogen functional groups attached to an aromatic ring is 1. The fourth-order valence-corrected chi connectivity index (χ4v) is 4.32. The molecule has 0 aliphatic heterocycles. The largest absolute Gasteiger partial charge is 0.397 e. The Balaban J connectivity index is 1.97. The predicted molar refractivity (Wildman–Crippen MR) is 126 cm³/mol. The van der Waals surface area contributed by atoms with Gasteiger partial charge in [-0.15, -0.1) is 0 Å². The Labute approximate surface area is 183 Å². The molecule has 1 aliphatic rings. The highest BCUT2D eigenvalue weighted by Crippen LogP contribution is 2.30. The predicted octanol–water partition coefficient (Wildman–Crippen LogP) is 3.96. The van der Waals surface area contributed by atoms with Crippen LogP contribution in [0.1, 0.15) is 71.0 Å². The minimum atomic E-state index is 0.0713. The van der Waals surface area contributed by atoms with Crippen LogP contribution in [-0.2, 0) is 0 Å². The molecule has 4 rings (SSSR count). The number of H-pyrrole nitrogens is 1. The van der Waals surface area contributed by atoms with Crippen LogP contribution in [0.5, 0.6) is 0 Å². The molecule has 1 aliphatic carbocycles. The SMILES string of the molecule is CC(C)c1[nH]nc2c(Nc3ccccc3N)nc(=NC3CCCCC3N)n(C(C)C)c12. The number of para-hydroxylation sites is 2. The zero-order valence-corrected chi connectivity index (χ0v) is 18.9. The molecule has 31 heavy (non-hydrogen) atoms. The monoisotopic (exact) mass is 422 g/mol. The number of hydrogen-bond donors (Lipinski definition) is 4. The van der Waals surface area contributed by atoms with Crippen molar-refractivity contribution in [3.8, 4) is 0 Å². The quantitative estimate of drug-likeness (QED) is 0.464. The van der Waals surface area contributed by atoms with Crippen molar-refractivity contribution < 1.29 is 0 Å². The van der Waals surface area contributed by atoms with E-state index in [-0.39, 0.29) is 24.0 Å². The number of hydrogen-bond acceptors (Lipinski definition) is 6. The topological polar surface area (TPSA) is 123 Å². The zero-order valence-electron chi connectivity index (χ0n) is 18.9. The fraction of sp³-hybridized carbons (Fsp3) is 0.522. The molecular formula is C23H34N8. The molecule has 1 fully saturated rings. The molecule has 1 aromatic carbocycles. The lowest BCUT2D eigenvalue weighted by Gasteiger charge is -2.25. The maximum atomic E-state index is 6.42. The highest BCUT2D eigenvalue weighted by Gasteiger charge is 2.24. The van der Waals surface area contributed by atoms with Gasteiger partial charge in [0.25, 0.3) is 0 Å². The lowest BCUT2D eigenvalue weighted by molar-refractivity contribution is 0.375. The smallest absolute Gasteiger partial charge is 0.227 e. The Kier molecular flexibility index (Phi) is 6.00. The Morgan fingerprint density at radius 3 is 2.58 bits per heavy atom. The third-order valence-electron chi connectivity index (χ3n) is 6.03. The molecule has 3 aromatic rings. The van der Waals surface area contributed by atoms with Gasteiger partial charge >= 0.3 is 0 Å². The van der Waals surface area contributed by atoms with Crippen LogP contribution in [-0.4, -0.2) is 31.8 Å². The van der Waals surface area contributed by atoms with Crippen molar-refractivity contribution in [3.63, 3.8) is 0 Å². The maximum Gasteiger partial charge on any atom is 0.227 e. The number of fused-ring (bicyclic) bond motifs is 1. The molecule has 0 amide bonds. The highest BCUT2D eigenvalue weighted by atomic mass is 15.2. The van der Waals surface area contributed by atoms with Crippen molar-refractivity contribution in [2.45, 2.75) is 77.4 Å². The van der Waals surface area contributed by atoms with Crippen LogP contribution >= 0.6 is 0 Å². The van der Waals surface area contributed by atoms with Crippen LogP contribution < -0.4 is 22.4 Å². The Morgan fingerprint density at radius 1 is 1.16 bits per heavy atom. The van der Waals surface area contributed by atoms with Gasteiger partial charge in [-0.3, -0.25) is 5.10 Å². The molecule has 6 N–H and O–H groups in total. The van der Waals surface area contributed by atoms with Crippen molar-refractivity contribution >= 4 is 28.2 Å². The standard InChI is InChI=1S/C23H34N8/c1-13(2)19-21-20(30-29-19)22(26-17-11-7-5-9-15(17)24)28-23(31(21)14(3)4)27-18-12-8-6-10-16(18)25/h5,7,9,11,13-14,16,18H,6,8,10,12,24-25H2,1-4H3,(H,29,30)(H,26,27,28). The van der Waals surface area contributed by atoms with E-state index in [1.165, 1.54) is 6.42 Å².